The van der Waals surface area contributed by atoms with E-state index in [4.69, 9.17) is 16.3 Å². The van der Waals surface area contributed by atoms with Crippen molar-refractivity contribution in [1.29, 1.82) is 0 Å². The van der Waals surface area contributed by atoms with Crippen molar-refractivity contribution in [2.75, 3.05) is 26.3 Å². The highest BCUT2D eigenvalue weighted by atomic mass is 35.5. The molecule has 3 rings (SSSR count). The minimum atomic E-state index is 0.0998. The van der Waals surface area contributed by atoms with Crippen LogP contribution in [0.25, 0.3) is 0 Å². The molecule has 0 radical (unpaired) electrons. The molecular formula is C16H21ClN2O2. The monoisotopic (exact) mass is 308 g/mol. The second-order valence-corrected chi connectivity index (χ2v) is 6.28. The summed E-state index contributed by atoms with van der Waals surface area (Å²) in [6, 6.07) is 8.40. The average molecular weight is 309 g/mol. The van der Waals surface area contributed by atoms with E-state index in [-0.39, 0.29) is 5.91 Å². The lowest BCUT2D eigenvalue weighted by Crippen LogP contribution is -2.56. The zero-order valence-corrected chi connectivity index (χ0v) is 12.8. The molecule has 1 aromatic carbocycles. The number of amides is 1. The number of hydrogen-bond donors (Lipinski definition) is 1. The van der Waals surface area contributed by atoms with E-state index in [0.29, 0.717) is 23.5 Å². The largest absolute Gasteiger partial charge is 0.379 e. The fourth-order valence-electron chi connectivity index (χ4n) is 3.01. The topological polar surface area (TPSA) is 41.6 Å². The number of ether oxygens (including phenoxy) is 1. The van der Waals surface area contributed by atoms with Gasteiger partial charge < -0.3 is 10.1 Å². The van der Waals surface area contributed by atoms with Gasteiger partial charge in [0.2, 0.25) is 5.91 Å². The summed E-state index contributed by atoms with van der Waals surface area (Å²) in [6.07, 6.45) is 2.55. The first kappa shape index (κ1) is 14.8. The first-order valence-electron chi connectivity index (χ1n) is 7.56. The van der Waals surface area contributed by atoms with Crippen molar-refractivity contribution in [3.8, 4) is 0 Å². The molecule has 0 spiro atoms. The van der Waals surface area contributed by atoms with Crippen LogP contribution in [0.3, 0.4) is 0 Å². The van der Waals surface area contributed by atoms with E-state index >= 15 is 0 Å². The van der Waals surface area contributed by atoms with E-state index in [1.54, 1.807) is 0 Å². The van der Waals surface area contributed by atoms with Crippen LogP contribution in [0.4, 0.5) is 0 Å². The Hall–Kier alpha value is -1.10. The molecule has 1 saturated carbocycles. The number of nitrogens with one attached hydrogen (secondary N) is 1. The first-order chi connectivity index (χ1) is 10.2. The van der Waals surface area contributed by atoms with Gasteiger partial charge in [-0.2, -0.15) is 0 Å². The molecule has 2 fully saturated rings. The van der Waals surface area contributed by atoms with Crippen LogP contribution in [-0.2, 0) is 16.0 Å². The number of nitrogens with zero attached hydrogens (tertiary/aromatic N) is 1. The smallest absolute Gasteiger partial charge is 0.224 e. The highest BCUT2D eigenvalue weighted by molar-refractivity contribution is 6.30. The maximum absolute atomic E-state index is 12.0. The van der Waals surface area contributed by atoms with Crippen LogP contribution < -0.4 is 5.32 Å². The molecule has 1 N–H and O–H groups in total. The summed E-state index contributed by atoms with van der Waals surface area (Å²) >= 11 is 5.84. The predicted molar refractivity (Wildman–Crippen MR) is 82.5 cm³/mol. The molecule has 5 heteroatoms. The molecule has 2 aliphatic rings. The minimum absolute atomic E-state index is 0.0998. The number of halogens is 1. The van der Waals surface area contributed by atoms with Crippen LogP contribution in [0.15, 0.2) is 24.3 Å². The van der Waals surface area contributed by atoms with Crippen molar-refractivity contribution in [3.63, 3.8) is 0 Å². The maximum atomic E-state index is 12.0. The van der Waals surface area contributed by atoms with E-state index < -0.39 is 0 Å². The normalized spacial score (nSPS) is 26.1. The fourth-order valence-corrected chi connectivity index (χ4v) is 3.14. The number of hydrogen-bond acceptors (Lipinski definition) is 3. The zero-order chi connectivity index (χ0) is 14.7. The Balaban J connectivity index is 1.39. The van der Waals surface area contributed by atoms with Gasteiger partial charge in [-0.3, -0.25) is 9.69 Å². The minimum Gasteiger partial charge on any atom is -0.379 e. The van der Waals surface area contributed by atoms with Crippen LogP contribution in [-0.4, -0.2) is 49.2 Å². The molecule has 1 aliphatic heterocycles. The van der Waals surface area contributed by atoms with Crippen LogP contribution >= 0.6 is 11.6 Å². The summed E-state index contributed by atoms with van der Waals surface area (Å²) < 4.78 is 5.36. The van der Waals surface area contributed by atoms with Crippen molar-refractivity contribution in [3.05, 3.63) is 34.9 Å². The highest BCUT2D eigenvalue weighted by Gasteiger charge is 2.34. The van der Waals surface area contributed by atoms with Gasteiger partial charge in [0.05, 0.1) is 19.6 Å². The van der Waals surface area contributed by atoms with E-state index in [0.717, 1.165) is 44.7 Å². The van der Waals surface area contributed by atoms with Gasteiger partial charge in [0.1, 0.15) is 0 Å². The molecule has 21 heavy (non-hydrogen) atoms. The molecule has 0 bridgehead atoms. The second kappa shape index (κ2) is 6.77. The first-order valence-corrected chi connectivity index (χ1v) is 7.94. The number of benzene rings is 1. The van der Waals surface area contributed by atoms with Gasteiger partial charge in [-0.15, -0.1) is 0 Å². The highest BCUT2D eigenvalue weighted by Crippen LogP contribution is 2.26. The molecule has 1 amide bonds. The summed E-state index contributed by atoms with van der Waals surface area (Å²) in [4.78, 5) is 14.5. The van der Waals surface area contributed by atoms with Crippen LogP contribution in [0, 0.1) is 0 Å². The number of rotatable bonds is 4. The van der Waals surface area contributed by atoms with Gasteiger partial charge in [-0.1, -0.05) is 23.7 Å². The Bertz CT molecular complexity index is 480. The second-order valence-electron chi connectivity index (χ2n) is 5.84. The Morgan fingerprint density at radius 2 is 1.90 bits per heavy atom. The van der Waals surface area contributed by atoms with E-state index in [9.17, 15) is 4.79 Å². The quantitative estimate of drug-likeness (QED) is 0.923. The molecule has 0 atom stereocenters. The summed E-state index contributed by atoms with van der Waals surface area (Å²) in [5.74, 6) is 0.0998. The van der Waals surface area contributed by atoms with Gasteiger partial charge in [0, 0.05) is 30.2 Å². The van der Waals surface area contributed by atoms with Gasteiger partial charge in [0.15, 0.2) is 0 Å². The molecule has 0 aromatic heterocycles. The van der Waals surface area contributed by atoms with Crippen molar-refractivity contribution in [2.45, 2.75) is 31.3 Å². The number of carbonyl (C=O) groups excluding carboxylic acids is 1. The Kier molecular flexibility index (Phi) is 4.78. The average Bonchev–Trinajstić information content (AvgIpc) is 2.46. The molecular weight excluding hydrogens is 288 g/mol. The molecule has 0 unspecified atom stereocenters. The van der Waals surface area contributed by atoms with Crippen LogP contribution in [0.5, 0.6) is 0 Å². The molecule has 1 heterocycles. The molecule has 1 aromatic rings. The molecule has 4 nitrogen and oxygen atoms in total. The SMILES string of the molecule is O=C(Cc1ccc(Cl)cc1)NC1CC(N2CCOCC2)C1. The van der Waals surface area contributed by atoms with Gasteiger partial charge in [-0.05, 0) is 30.5 Å². The van der Waals surface area contributed by atoms with E-state index in [1.165, 1.54) is 0 Å². The molecule has 1 saturated heterocycles. The van der Waals surface area contributed by atoms with Gasteiger partial charge >= 0.3 is 0 Å². The summed E-state index contributed by atoms with van der Waals surface area (Å²) in [7, 11) is 0. The Morgan fingerprint density at radius 3 is 2.57 bits per heavy atom. The summed E-state index contributed by atoms with van der Waals surface area (Å²) in [5, 5.41) is 3.82. The maximum Gasteiger partial charge on any atom is 0.224 e. The lowest BCUT2D eigenvalue weighted by Gasteiger charge is -2.44. The van der Waals surface area contributed by atoms with Crippen LogP contribution in [0.2, 0.25) is 5.02 Å². The van der Waals surface area contributed by atoms with Crippen molar-refractivity contribution >= 4 is 17.5 Å². The Morgan fingerprint density at radius 1 is 1.24 bits per heavy atom. The Labute approximate surface area is 130 Å². The summed E-state index contributed by atoms with van der Waals surface area (Å²) in [6.45, 7) is 3.72. The summed E-state index contributed by atoms with van der Waals surface area (Å²) in [5.41, 5.74) is 1.00. The lowest BCUT2D eigenvalue weighted by atomic mass is 9.85. The fraction of sp³-hybridized carbons (Fsp3) is 0.562. The van der Waals surface area contributed by atoms with Crippen molar-refractivity contribution in [1.82, 2.24) is 10.2 Å². The van der Waals surface area contributed by atoms with Crippen molar-refractivity contribution < 1.29 is 9.53 Å². The molecule has 1 aliphatic carbocycles. The van der Waals surface area contributed by atoms with Crippen molar-refractivity contribution in [2.24, 2.45) is 0 Å². The number of carbonyl (C=O) groups is 1. The van der Waals surface area contributed by atoms with Gasteiger partial charge in [-0.25, -0.2) is 0 Å². The van der Waals surface area contributed by atoms with Crippen LogP contribution in [0.1, 0.15) is 18.4 Å². The van der Waals surface area contributed by atoms with E-state index in [1.807, 2.05) is 24.3 Å². The third kappa shape index (κ3) is 3.96. The molecule has 114 valence electrons. The van der Waals surface area contributed by atoms with Gasteiger partial charge in [0.25, 0.3) is 0 Å². The predicted octanol–water partition coefficient (Wildman–Crippen LogP) is 1.86. The third-order valence-electron chi connectivity index (χ3n) is 4.32. The third-order valence-corrected chi connectivity index (χ3v) is 4.57. The standard InChI is InChI=1S/C16H21ClN2O2/c17-13-3-1-12(2-4-13)9-16(20)18-14-10-15(11-14)19-5-7-21-8-6-19/h1-4,14-15H,5-11H2,(H,18,20). The zero-order valence-electron chi connectivity index (χ0n) is 12.1. The number of morpholine rings is 1. The van der Waals surface area contributed by atoms with E-state index in [2.05, 4.69) is 10.2 Å². The lowest BCUT2D eigenvalue weighted by molar-refractivity contribution is -0.122.